The number of furan rings is 1. The molecule has 0 fully saturated rings. The maximum atomic E-state index is 11.8. The molecule has 0 saturated carbocycles. The molecule has 0 spiro atoms. The summed E-state index contributed by atoms with van der Waals surface area (Å²) in [6, 6.07) is 1.30. The maximum Gasteiger partial charge on any atom is 0.310 e. The van der Waals surface area contributed by atoms with E-state index in [-0.39, 0.29) is 11.9 Å². The molecule has 1 heterocycles. The predicted octanol–water partition coefficient (Wildman–Crippen LogP) is 1.80. The molecule has 2 N–H and O–H groups in total. The van der Waals surface area contributed by atoms with Crippen LogP contribution in [0, 0.1) is 5.92 Å². The van der Waals surface area contributed by atoms with Crippen LogP contribution in [-0.4, -0.2) is 23.0 Å². The Bertz CT molecular complexity index is 480. The molecule has 1 aromatic heterocycles. The van der Waals surface area contributed by atoms with E-state index < -0.39 is 11.9 Å². The first-order valence-corrected chi connectivity index (χ1v) is 5.82. The summed E-state index contributed by atoms with van der Waals surface area (Å²) in [5.41, 5.74) is 0.400. The Morgan fingerprint density at radius 1 is 1.47 bits per heavy atom. The van der Waals surface area contributed by atoms with Gasteiger partial charge in [-0.05, 0) is 28.4 Å². The standard InChI is InChI=1S/C11H10BrNO4/c12-9-8(3-4-17-9)10(14)13-7-2-1-6(5-7)11(15)16/h1-4,6-7H,5H2,(H,13,14)(H,15,16). The van der Waals surface area contributed by atoms with Crippen molar-refractivity contribution in [1.82, 2.24) is 5.32 Å². The van der Waals surface area contributed by atoms with E-state index in [4.69, 9.17) is 9.52 Å². The molecule has 1 aliphatic rings. The van der Waals surface area contributed by atoms with Gasteiger partial charge in [-0.2, -0.15) is 0 Å². The van der Waals surface area contributed by atoms with Gasteiger partial charge in [-0.1, -0.05) is 12.2 Å². The minimum absolute atomic E-state index is 0.245. The first kappa shape index (κ1) is 11.9. The van der Waals surface area contributed by atoms with E-state index in [1.807, 2.05) is 0 Å². The third kappa shape index (κ3) is 2.58. The molecule has 0 saturated heterocycles. The van der Waals surface area contributed by atoms with E-state index in [2.05, 4.69) is 21.2 Å². The Kier molecular flexibility index (Phi) is 3.33. The molecule has 2 rings (SSSR count). The monoisotopic (exact) mass is 299 g/mol. The third-order valence-electron chi connectivity index (χ3n) is 2.58. The minimum Gasteiger partial charge on any atom is -0.481 e. The molecular formula is C11H10BrNO4. The average Bonchev–Trinajstić information content (AvgIpc) is 2.86. The van der Waals surface area contributed by atoms with Crippen molar-refractivity contribution in [2.45, 2.75) is 12.5 Å². The van der Waals surface area contributed by atoms with Crippen LogP contribution in [0.5, 0.6) is 0 Å². The summed E-state index contributed by atoms with van der Waals surface area (Å²) in [7, 11) is 0. The van der Waals surface area contributed by atoms with Gasteiger partial charge in [0.1, 0.15) is 0 Å². The fourth-order valence-corrected chi connectivity index (χ4v) is 2.11. The van der Waals surface area contributed by atoms with Crippen LogP contribution in [0.25, 0.3) is 0 Å². The van der Waals surface area contributed by atoms with E-state index in [9.17, 15) is 9.59 Å². The lowest BCUT2D eigenvalue weighted by molar-refractivity contribution is -0.140. The number of rotatable bonds is 3. The SMILES string of the molecule is O=C(NC1C=CC(C(=O)O)C1)c1ccoc1Br. The van der Waals surface area contributed by atoms with Crippen LogP contribution in [-0.2, 0) is 4.79 Å². The predicted molar refractivity (Wildman–Crippen MR) is 62.5 cm³/mol. The highest BCUT2D eigenvalue weighted by atomic mass is 79.9. The summed E-state index contributed by atoms with van der Waals surface area (Å²) in [4.78, 5) is 22.5. The number of carbonyl (C=O) groups excluding carboxylic acids is 1. The molecular weight excluding hydrogens is 290 g/mol. The zero-order valence-corrected chi connectivity index (χ0v) is 10.3. The molecule has 1 amide bonds. The highest BCUT2D eigenvalue weighted by Gasteiger charge is 2.26. The number of carbonyl (C=O) groups is 2. The van der Waals surface area contributed by atoms with Gasteiger partial charge in [0.15, 0.2) is 4.67 Å². The van der Waals surface area contributed by atoms with Gasteiger partial charge in [-0.15, -0.1) is 0 Å². The molecule has 5 nitrogen and oxygen atoms in total. The van der Waals surface area contributed by atoms with Gasteiger partial charge < -0.3 is 14.8 Å². The van der Waals surface area contributed by atoms with Gasteiger partial charge in [-0.25, -0.2) is 0 Å². The maximum absolute atomic E-state index is 11.8. The Morgan fingerprint density at radius 2 is 2.24 bits per heavy atom. The Labute approximate surface area is 106 Å². The van der Waals surface area contributed by atoms with E-state index in [0.717, 1.165) is 0 Å². The lowest BCUT2D eigenvalue weighted by Gasteiger charge is -2.11. The molecule has 0 radical (unpaired) electrons. The highest BCUT2D eigenvalue weighted by molar-refractivity contribution is 9.10. The van der Waals surface area contributed by atoms with Crippen LogP contribution in [0.3, 0.4) is 0 Å². The number of nitrogens with one attached hydrogen (secondary N) is 1. The molecule has 2 atom stereocenters. The molecule has 6 heteroatoms. The summed E-state index contributed by atoms with van der Waals surface area (Å²) in [5, 5.41) is 11.5. The molecule has 0 aliphatic heterocycles. The van der Waals surface area contributed by atoms with Crippen molar-refractivity contribution in [3.05, 3.63) is 34.7 Å². The van der Waals surface area contributed by atoms with Crippen LogP contribution in [0.1, 0.15) is 16.8 Å². The van der Waals surface area contributed by atoms with Crippen molar-refractivity contribution in [3.63, 3.8) is 0 Å². The molecule has 1 aliphatic carbocycles. The zero-order chi connectivity index (χ0) is 12.4. The third-order valence-corrected chi connectivity index (χ3v) is 3.19. The second-order valence-corrected chi connectivity index (χ2v) is 4.47. The number of halogens is 1. The smallest absolute Gasteiger partial charge is 0.310 e. The van der Waals surface area contributed by atoms with E-state index in [1.165, 1.54) is 6.26 Å². The van der Waals surface area contributed by atoms with Gasteiger partial charge in [-0.3, -0.25) is 9.59 Å². The van der Waals surface area contributed by atoms with Crippen LogP contribution in [0.15, 0.2) is 33.6 Å². The summed E-state index contributed by atoms with van der Waals surface area (Å²) in [6.07, 6.45) is 5.09. The van der Waals surface area contributed by atoms with Crippen LogP contribution >= 0.6 is 15.9 Å². The number of carboxylic acids is 1. The number of hydrogen-bond acceptors (Lipinski definition) is 3. The number of hydrogen-bond donors (Lipinski definition) is 2. The summed E-state index contributed by atoms with van der Waals surface area (Å²) < 4.78 is 5.32. The Balaban J connectivity index is 1.96. The molecule has 1 aromatic rings. The van der Waals surface area contributed by atoms with Gasteiger partial charge in [0.2, 0.25) is 0 Å². The fourth-order valence-electron chi connectivity index (χ4n) is 1.69. The van der Waals surface area contributed by atoms with E-state index in [1.54, 1.807) is 18.2 Å². The van der Waals surface area contributed by atoms with Gasteiger partial charge in [0, 0.05) is 6.04 Å². The highest BCUT2D eigenvalue weighted by Crippen LogP contribution is 2.20. The quantitative estimate of drug-likeness (QED) is 0.834. The molecule has 2 unspecified atom stereocenters. The van der Waals surface area contributed by atoms with Gasteiger partial charge in [0.05, 0.1) is 17.7 Å². The minimum atomic E-state index is -0.873. The molecule has 17 heavy (non-hydrogen) atoms. The fraction of sp³-hybridized carbons (Fsp3) is 0.273. The second-order valence-electron chi connectivity index (χ2n) is 3.75. The second kappa shape index (κ2) is 4.75. The Hall–Kier alpha value is -1.56. The van der Waals surface area contributed by atoms with Crippen LogP contribution < -0.4 is 5.32 Å². The van der Waals surface area contributed by atoms with Crippen molar-refractivity contribution in [2.75, 3.05) is 0 Å². The van der Waals surface area contributed by atoms with Crippen LogP contribution in [0.4, 0.5) is 0 Å². The lowest BCUT2D eigenvalue weighted by atomic mass is 10.1. The summed E-state index contributed by atoms with van der Waals surface area (Å²) in [5.74, 6) is -1.68. The molecule has 90 valence electrons. The van der Waals surface area contributed by atoms with E-state index in [0.29, 0.717) is 16.7 Å². The van der Waals surface area contributed by atoms with Gasteiger partial charge in [0.25, 0.3) is 5.91 Å². The summed E-state index contributed by atoms with van der Waals surface area (Å²) in [6.45, 7) is 0. The largest absolute Gasteiger partial charge is 0.481 e. The molecule has 0 bridgehead atoms. The molecule has 0 aromatic carbocycles. The number of carboxylic acid groups (broad SMARTS) is 1. The lowest BCUT2D eigenvalue weighted by Crippen LogP contribution is -2.33. The first-order valence-electron chi connectivity index (χ1n) is 5.03. The first-order chi connectivity index (χ1) is 8.08. The van der Waals surface area contributed by atoms with E-state index >= 15 is 0 Å². The summed E-state index contributed by atoms with van der Waals surface area (Å²) >= 11 is 3.11. The number of amides is 1. The van der Waals surface area contributed by atoms with Crippen LogP contribution in [0.2, 0.25) is 0 Å². The number of aliphatic carboxylic acids is 1. The van der Waals surface area contributed by atoms with Crippen molar-refractivity contribution in [3.8, 4) is 0 Å². The van der Waals surface area contributed by atoms with Crippen molar-refractivity contribution in [1.29, 1.82) is 0 Å². The van der Waals surface area contributed by atoms with Gasteiger partial charge >= 0.3 is 5.97 Å². The van der Waals surface area contributed by atoms with Crippen molar-refractivity contribution in [2.24, 2.45) is 5.92 Å². The average molecular weight is 300 g/mol. The zero-order valence-electron chi connectivity index (χ0n) is 8.72. The normalized spacial score (nSPS) is 22.6. The Morgan fingerprint density at radius 3 is 2.76 bits per heavy atom. The topological polar surface area (TPSA) is 79.5 Å². The van der Waals surface area contributed by atoms with Crippen molar-refractivity contribution < 1.29 is 19.1 Å². The van der Waals surface area contributed by atoms with Crippen molar-refractivity contribution >= 4 is 27.8 Å².